The summed E-state index contributed by atoms with van der Waals surface area (Å²) in [4.78, 5) is 28.2. The van der Waals surface area contributed by atoms with Gasteiger partial charge in [0.15, 0.2) is 14.9 Å². The standard InChI is InChI=1S/C11H14N4O4S/c1-20(18,19)10-3-2-8(6-13-10)14-11(17)15-5-4-12-9(16)7-15/h2-3,6H,4-5,7H2,1H3,(H,12,16)(H,14,17). The number of piperazine rings is 1. The van der Waals surface area contributed by atoms with Crippen LogP contribution in [0.2, 0.25) is 0 Å². The number of aromatic nitrogens is 1. The minimum Gasteiger partial charge on any atom is -0.353 e. The van der Waals surface area contributed by atoms with Gasteiger partial charge in [0.05, 0.1) is 11.9 Å². The molecule has 1 fully saturated rings. The number of carbonyl (C=O) groups is 2. The third kappa shape index (κ3) is 3.44. The Labute approximate surface area is 116 Å². The lowest BCUT2D eigenvalue weighted by Gasteiger charge is -2.26. The van der Waals surface area contributed by atoms with E-state index in [4.69, 9.17) is 0 Å². The van der Waals surface area contributed by atoms with Crippen LogP contribution in [0.4, 0.5) is 10.5 Å². The highest BCUT2D eigenvalue weighted by Crippen LogP contribution is 2.11. The molecule has 0 aliphatic carbocycles. The Bertz CT molecular complexity index is 626. The van der Waals surface area contributed by atoms with Gasteiger partial charge in [0.25, 0.3) is 0 Å². The van der Waals surface area contributed by atoms with Crippen LogP contribution in [-0.2, 0) is 14.6 Å². The largest absolute Gasteiger partial charge is 0.353 e. The highest BCUT2D eigenvalue weighted by atomic mass is 32.2. The third-order valence-corrected chi connectivity index (χ3v) is 3.69. The van der Waals surface area contributed by atoms with Crippen molar-refractivity contribution >= 4 is 27.5 Å². The molecule has 1 aliphatic rings. The average molecular weight is 298 g/mol. The van der Waals surface area contributed by atoms with Crippen molar-refractivity contribution in [2.45, 2.75) is 5.03 Å². The molecule has 0 saturated carbocycles. The smallest absolute Gasteiger partial charge is 0.322 e. The molecule has 0 atom stereocenters. The summed E-state index contributed by atoms with van der Waals surface area (Å²) in [7, 11) is -3.36. The summed E-state index contributed by atoms with van der Waals surface area (Å²) in [5.74, 6) is -0.211. The van der Waals surface area contributed by atoms with Crippen LogP contribution in [0.1, 0.15) is 0 Å². The summed E-state index contributed by atoms with van der Waals surface area (Å²) in [6, 6.07) is 2.34. The van der Waals surface area contributed by atoms with Crippen LogP contribution < -0.4 is 10.6 Å². The zero-order chi connectivity index (χ0) is 14.8. The molecule has 9 heteroatoms. The second-order valence-corrected chi connectivity index (χ2v) is 6.32. The number of hydrogen-bond donors (Lipinski definition) is 2. The van der Waals surface area contributed by atoms with Crippen molar-refractivity contribution in [1.29, 1.82) is 0 Å². The van der Waals surface area contributed by atoms with Crippen LogP contribution in [0.3, 0.4) is 0 Å². The van der Waals surface area contributed by atoms with E-state index in [0.29, 0.717) is 18.8 Å². The second kappa shape index (κ2) is 5.45. The molecule has 1 aromatic heterocycles. The van der Waals surface area contributed by atoms with Crippen LogP contribution in [0.25, 0.3) is 0 Å². The summed E-state index contributed by atoms with van der Waals surface area (Å²) < 4.78 is 22.5. The Hall–Kier alpha value is -2.16. The number of amides is 3. The molecule has 0 aromatic carbocycles. The van der Waals surface area contributed by atoms with Crippen molar-refractivity contribution in [2.24, 2.45) is 0 Å². The molecule has 3 amide bonds. The van der Waals surface area contributed by atoms with Gasteiger partial charge in [0.2, 0.25) is 5.91 Å². The molecular weight excluding hydrogens is 284 g/mol. The number of nitrogens with zero attached hydrogens (tertiary/aromatic N) is 2. The normalized spacial score (nSPS) is 15.7. The molecule has 0 radical (unpaired) electrons. The molecule has 20 heavy (non-hydrogen) atoms. The molecule has 1 saturated heterocycles. The molecule has 2 rings (SSSR count). The van der Waals surface area contributed by atoms with E-state index in [0.717, 1.165) is 6.26 Å². The molecule has 108 valence electrons. The molecule has 0 bridgehead atoms. The number of pyridine rings is 1. The van der Waals surface area contributed by atoms with E-state index in [1.165, 1.54) is 23.2 Å². The number of urea groups is 1. The first-order valence-electron chi connectivity index (χ1n) is 5.85. The van der Waals surface area contributed by atoms with Crippen molar-refractivity contribution in [3.05, 3.63) is 18.3 Å². The van der Waals surface area contributed by atoms with Gasteiger partial charge in [-0.1, -0.05) is 0 Å². The van der Waals surface area contributed by atoms with E-state index in [1.807, 2.05) is 0 Å². The van der Waals surface area contributed by atoms with Gasteiger partial charge in [-0.25, -0.2) is 18.2 Å². The van der Waals surface area contributed by atoms with Gasteiger partial charge in [-0.2, -0.15) is 0 Å². The quantitative estimate of drug-likeness (QED) is 0.761. The van der Waals surface area contributed by atoms with Gasteiger partial charge in [0, 0.05) is 19.3 Å². The fourth-order valence-corrected chi connectivity index (χ4v) is 2.25. The van der Waals surface area contributed by atoms with Crippen molar-refractivity contribution in [1.82, 2.24) is 15.2 Å². The molecule has 0 unspecified atom stereocenters. The van der Waals surface area contributed by atoms with Crippen molar-refractivity contribution < 1.29 is 18.0 Å². The Morgan fingerprint density at radius 3 is 2.75 bits per heavy atom. The summed E-state index contributed by atoms with van der Waals surface area (Å²) in [5, 5.41) is 5.11. The van der Waals surface area contributed by atoms with E-state index < -0.39 is 15.9 Å². The Kier molecular flexibility index (Phi) is 3.89. The highest BCUT2D eigenvalue weighted by Gasteiger charge is 2.21. The van der Waals surface area contributed by atoms with E-state index >= 15 is 0 Å². The molecule has 1 aliphatic heterocycles. The SMILES string of the molecule is CS(=O)(=O)c1ccc(NC(=O)N2CCNC(=O)C2)cn1. The fourth-order valence-electron chi connectivity index (χ4n) is 1.69. The molecule has 2 N–H and O–H groups in total. The predicted octanol–water partition coefficient (Wildman–Crippen LogP) is -0.551. The van der Waals surface area contributed by atoms with Crippen LogP contribution >= 0.6 is 0 Å². The number of rotatable bonds is 2. The molecule has 1 aromatic rings. The monoisotopic (exact) mass is 298 g/mol. The zero-order valence-electron chi connectivity index (χ0n) is 10.8. The summed E-state index contributed by atoms with van der Waals surface area (Å²) >= 11 is 0. The fraction of sp³-hybridized carbons (Fsp3) is 0.364. The number of carbonyl (C=O) groups excluding carboxylic acids is 2. The van der Waals surface area contributed by atoms with E-state index in [2.05, 4.69) is 15.6 Å². The van der Waals surface area contributed by atoms with Gasteiger partial charge in [-0.3, -0.25) is 4.79 Å². The lowest BCUT2D eigenvalue weighted by Crippen LogP contribution is -2.51. The van der Waals surface area contributed by atoms with E-state index in [9.17, 15) is 18.0 Å². The topological polar surface area (TPSA) is 108 Å². The molecule has 2 heterocycles. The molecular formula is C11H14N4O4S. The van der Waals surface area contributed by atoms with Crippen LogP contribution in [0.5, 0.6) is 0 Å². The summed E-state index contributed by atoms with van der Waals surface area (Å²) in [6.45, 7) is 0.838. The molecule has 0 spiro atoms. The minimum atomic E-state index is -3.36. The maximum absolute atomic E-state index is 11.9. The summed E-state index contributed by atoms with van der Waals surface area (Å²) in [5.41, 5.74) is 0.369. The zero-order valence-corrected chi connectivity index (χ0v) is 11.6. The summed E-state index contributed by atoms with van der Waals surface area (Å²) in [6.07, 6.45) is 2.32. The predicted molar refractivity (Wildman–Crippen MR) is 70.9 cm³/mol. The van der Waals surface area contributed by atoms with E-state index in [1.54, 1.807) is 0 Å². The van der Waals surface area contributed by atoms with Gasteiger partial charge >= 0.3 is 6.03 Å². The number of nitrogens with one attached hydrogen (secondary N) is 2. The van der Waals surface area contributed by atoms with Crippen LogP contribution in [0, 0.1) is 0 Å². The van der Waals surface area contributed by atoms with Crippen LogP contribution in [0.15, 0.2) is 23.4 Å². The third-order valence-electron chi connectivity index (χ3n) is 2.69. The molecule has 8 nitrogen and oxygen atoms in total. The van der Waals surface area contributed by atoms with Gasteiger partial charge in [-0.15, -0.1) is 0 Å². The van der Waals surface area contributed by atoms with E-state index in [-0.39, 0.29) is 17.5 Å². The average Bonchev–Trinajstić information content (AvgIpc) is 2.38. The van der Waals surface area contributed by atoms with Crippen molar-refractivity contribution in [3.63, 3.8) is 0 Å². The number of anilines is 1. The van der Waals surface area contributed by atoms with Crippen molar-refractivity contribution in [3.8, 4) is 0 Å². The van der Waals surface area contributed by atoms with Crippen molar-refractivity contribution in [2.75, 3.05) is 31.2 Å². The second-order valence-electron chi connectivity index (χ2n) is 4.36. The lowest BCUT2D eigenvalue weighted by atomic mass is 10.3. The maximum atomic E-state index is 11.9. The van der Waals surface area contributed by atoms with Gasteiger partial charge in [-0.05, 0) is 12.1 Å². The Balaban J connectivity index is 2.03. The van der Waals surface area contributed by atoms with Gasteiger partial charge < -0.3 is 15.5 Å². The lowest BCUT2D eigenvalue weighted by molar-refractivity contribution is -0.123. The Morgan fingerprint density at radius 1 is 1.45 bits per heavy atom. The first-order valence-corrected chi connectivity index (χ1v) is 7.74. The van der Waals surface area contributed by atoms with Crippen LogP contribution in [-0.4, -0.2) is 56.1 Å². The first-order chi connectivity index (χ1) is 9.36. The number of hydrogen-bond acceptors (Lipinski definition) is 5. The minimum absolute atomic E-state index is 0.000679. The van der Waals surface area contributed by atoms with Gasteiger partial charge in [0.1, 0.15) is 6.54 Å². The number of sulfone groups is 1. The first kappa shape index (κ1) is 14.3. The highest BCUT2D eigenvalue weighted by molar-refractivity contribution is 7.90. The maximum Gasteiger partial charge on any atom is 0.322 e. The Morgan fingerprint density at radius 2 is 2.20 bits per heavy atom.